The van der Waals surface area contributed by atoms with Gasteiger partial charge in [0, 0.05) is 17.6 Å². The van der Waals surface area contributed by atoms with E-state index in [2.05, 4.69) is 21.2 Å². The van der Waals surface area contributed by atoms with Crippen molar-refractivity contribution in [2.24, 2.45) is 0 Å². The summed E-state index contributed by atoms with van der Waals surface area (Å²) in [4.78, 5) is 10.9. The molecule has 0 aliphatic carbocycles. The number of hydrogen-bond donors (Lipinski definition) is 2. The number of ether oxygens (including phenoxy) is 2. The molecule has 0 atom stereocenters. The lowest BCUT2D eigenvalue weighted by Gasteiger charge is -2.16. The minimum atomic E-state index is -0.917. The summed E-state index contributed by atoms with van der Waals surface area (Å²) in [6.07, 6.45) is 0.0681. The van der Waals surface area contributed by atoms with E-state index in [-0.39, 0.29) is 11.7 Å². The highest BCUT2D eigenvalue weighted by atomic mass is 79.9. The molecule has 0 bridgehead atoms. The van der Waals surface area contributed by atoms with Crippen LogP contribution >= 0.6 is 15.9 Å². The molecule has 2 aromatic carbocycles. The fourth-order valence-corrected chi connectivity index (χ4v) is 2.79. The molecule has 0 radical (unpaired) electrons. The van der Waals surface area contributed by atoms with Crippen LogP contribution in [0.15, 0.2) is 40.9 Å². The van der Waals surface area contributed by atoms with Gasteiger partial charge in [-0.05, 0) is 49.2 Å². The zero-order valence-electron chi connectivity index (χ0n) is 14.5. The number of aromatic carboxylic acids is 1. The highest BCUT2D eigenvalue weighted by Gasteiger charge is 2.11. The van der Waals surface area contributed by atoms with Crippen molar-refractivity contribution in [3.8, 4) is 11.5 Å². The van der Waals surface area contributed by atoms with Crippen LogP contribution < -0.4 is 14.8 Å². The topological polar surface area (TPSA) is 67.8 Å². The van der Waals surface area contributed by atoms with Gasteiger partial charge in [-0.1, -0.05) is 28.1 Å². The number of methoxy groups -OCH3 is 1. The summed E-state index contributed by atoms with van der Waals surface area (Å²) < 4.78 is 12.1. The van der Waals surface area contributed by atoms with Crippen LogP contribution in [-0.2, 0) is 13.1 Å². The van der Waals surface area contributed by atoms with Crippen molar-refractivity contribution in [2.75, 3.05) is 7.11 Å². The van der Waals surface area contributed by atoms with Gasteiger partial charge < -0.3 is 19.9 Å². The van der Waals surface area contributed by atoms with Crippen molar-refractivity contribution in [1.82, 2.24) is 5.32 Å². The normalized spacial score (nSPS) is 10.8. The molecule has 5 nitrogen and oxygen atoms in total. The average Bonchev–Trinajstić information content (AvgIpc) is 2.56. The molecule has 0 fully saturated rings. The summed E-state index contributed by atoms with van der Waals surface area (Å²) in [5, 5.41) is 12.3. The molecule has 0 amide bonds. The van der Waals surface area contributed by atoms with E-state index < -0.39 is 5.97 Å². The third kappa shape index (κ3) is 5.47. The second kappa shape index (κ2) is 8.87. The van der Waals surface area contributed by atoms with Crippen LogP contribution in [0.4, 0.5) is 0 Å². The van der Waals surface area contributed by atoms with E-state index in [1.807, 2.05) is 38.1 Å². The van der Waals surface area contributed by atoms with Crippen LogP contribution in [0.25, 0.3) is 0 Å². The molecule has 6 heteroatoms. The van der Waals surface area contributed by atoms with Crippen LogP contribution in [0, 0.1) is 0 Å². The predicted molar refractivity (Wildman–Crippen MR) is 100 cm³/mol. The van der Waals surface area contributed by atoms with Crippen molar-refractivity contribution >= 4 is 21.9 Å². The summed E-state index contributed by atoms with van der Waals surface area (Å²) in [7, 11) is 1.62. The smallest absolute Gasteiger partial charge is 0.335 e. The second-order valence-corrected chi connectivity index (χ2v) is 6.72. The van der Waals surface area contributed by atoms with Crippen LogP contribution in [-0.4, -0.2) is 24.3 Å². The first-order chi connectivity index (χ1) is 11.9. The molecule has 2 aromatic rings. The first kappa shape index (κ1) is 19.3. The summed E-state index contributed by atoms with van der Waals surface area (Å²) in [5.41, 5.74) is 2.36. The Labute approximate surface area is 156 Å². The summed E-state index contributed by atoms with van der Waals surface area (Å²) in [6, 6.07) is 10.7. The second-order valence-electron chi connectivity index (χ2n) is 5.87. The van der Waals surface area contributed by atoms with Crippen molar-refractivity contribution in [3.05, 3.63) is 57.6 Å². The molecule has 134 valence electrons. The fourth-order valence-electron chi connectivity index (χ4n) is 2.32. The Morgan fingerprint density at radius 2 is 1.84 bits per heavy atom. The zero-order chi connectivity index (χ0) is 18.4. The summed E-state index contributed by atoms with van der Waals surface area (Å²) >= 11 is 3.57. The van der Waals surface area contributed by atoms with E-state index >= 15 is 0 Å². The van der Waals surface area contributed by atoms with E-state index in [9.17, 15) is 4.79 Å². The van der Waals surface area contributed by atoms with E-state index in [4.69, 9.17) is 14.6 Å². The lowest BCUT2D eigenvalue weighted by atomic mass is 10.1. The highest BCUT2D eigenvalue weighted by Crippen LogP contribution is 2.34. The highest BCUT2D eigenvalue weighted by molar-refractivity contribution is 9.10. The fraction of sp³-hybridized carbons (Fsp3) is 0.316. The van der Waals surface area contributed by atoms with E-state index in [1.165, 1.54) is 0 Å². The van der Waals surface area contributed by atoms with Crippen LogP contribution in [0.1, 0.15) is 35.3 Å². The Bertz CT molecular complexity index is 729. The Morgan fingerprint density at radius 3 is 2.40 bits per heavy atom. The number of hydrogen-bond acceptors (Lipinski definition) is 4. The maximum Gasteiger partial charge on any atom is 0.335 e. The third-order valence-electron chi connectivity index (χ3n) is 3.54. The molecule has 0 aromatic heterocycles. The predicted octanol–water partition coefficient (Wildman–Crippen LogP) is 4.23. The summed E-state index contributed by atoms with van der Waals surface area (Å²) in [6.45, 7) is 5.22. The van der Waals surface area contributed by atoms with E-state index in [0.29, 0.717) is 24.6 Å². The molecule has 0 heterocycles. The zero-order valence-corrected chi connectivity index (χ0v) is 16.1. The lowest BCUT2D eigenvalue weighted by Crippen LogP contribution is -2.14. The van der Waals surface area contributed by atoms with Crippen molar-refractivity contribution in [1.29, 1.82) is 0 Å². The first-order valence-corrected chi connectivity index (χ1v) is 8.76. The molecule has 0 unspecified atom stereocenters. The molecule has 2 N–H and O–H groups in total. The molecule has 0 saturated carbocycles. The van der Waals surface area contributed by atoms with Gasteiger partial charge >= 0.3 is 5.97 Å². The van der Waals surface area contributed by atoms with E-state index in [1.54, 1.807) is 19.2 Å². The lowest BCUT2D eigenvalue weighted by molar-refractivity contribution is 0.0697. The van der Waals surface area contributed by atoms with Crippen LogP contribution in [0.5, 0.6) is 11.5 Å². The Balaban J connectivity index is 2.01. The van der Waals surface area contributed by atoms with Gasteiger partial charge in [0.2, 0.25) is 0 Å². The van der Waals surface area contributed by atoms with Crippen molar-refractivity contribution < 1.29 is 19.4 Å². The minimum absolute atomic E-state index is 0.0681. The number of benzene rings is 2. The molecule has 0 saturated heterocycles. The molecule has 0 aliphatic rings. The standard InChI is InChI=1S/C19H22BrNO4/c1-12(2)25-18-9-16(20)15(8-17(18)24-3)11-21-10-13-4-6-14(7-5-13)19(22)23/h4-9,12,21H,10-11H2,1-3H3,(H,22,23). The number of rotatable bonds is 8. The minimum Gasteiger partial charge on any atom is -0.493 e. The van der Waals surface area contributed by atoms with Gasteiger partial charge in [0.15, 0.2) is 11.5 Å². The maximum atomic E-state index is 10.9. The molecule has 0 spiro atoms. The van der Waals surface area contributed by atoms with Gasteiger partial charge in [-0.3, -0.25) is 0 Å². The molecule has 2 rings (SSSR count). The maximum absolute atomic E-state index is 10.9. The number of nitrogens with one attached hydrogen (secondary N) is 1. The number of carboxylic acids is 1. The van der Waals surface area contributed by atoms with Gasteiger partial charge in [-0.15, -0.1) is 0 Å². The van der Waals surface area contributed by atoms with Gasteiger partial charge in [0.05, 0.1) is 18.8 Å². The Hall–Kier alpha value is -2.05. The molecular weight excluding hydrogens is 386 g/mol. The largest absolute Gasteiger partial charge is 0.493 e. The molecule has 25 heavy (non-hydrogen) atoms. The Morgan fingerprint density at radius 1 is 1.16 bits per heavy atom. The number of carboxylic acid groups (broad SMARTS) is 1. The van der Waals surface area contributed by atoms with Gasteiger partial charge in [0.1, 0.15) is 0 Å². The monoisotopic (exact) mass is 407 g/mol. The molecule has 0 aliphatic heterocycles. The van der Waals surface area contributed by atoms with Crippen LogP contribution in [0.3, 0.4) is 0 Å². The Kier molecular flexibility index (Phi) is 6.84. The number of carbonyl (C=O) groups is 1. The van der Waals surface area contributed by atoms with Gasteiger partial charge in [-0.2, -0.15) is 0 Å². The SMILES string of the molecule is COc1cc(CNCc2ccc(C(=O)O)cc2)c(Br)cc1OC(C)C. The van der Waals surface area contributed by atoms with Crippen molar-refractivity contribution in [2.45, 2.75) is 33.0 Å². The average molecular weight is 408 g/mol. The quantitative estimate of drug-likeness (QED) is 0.684. The van der Waals surface area contributed by atoms with Gasteiger partial charge in [-0.25, -0.2) is 4.79 Å². The third-order valence-corrected chi connectivity index (χ3v) is 4.28. The first-order valence-electron chi connectivity index (χ1n) is 7.96. The van der Waals surface area contributed by atoms with Gasteiger partial charge in [0.25, 0.3) is 0 Å². The molecular formula is C19H22BrNO4. The van der Waals surface area contributed by atoms with E-state index in [0.717, 1.165) is 15.6 Å². The van der Waals surface area contributed by atoms with Crippen molar-refractivity contribution in [3.63, 3.8) is 0 Å². The summed E-state index contributed by atoms with van der Waals surface area (Å²) in [5.74, 6) is 0.483. The van der Waals surface area contributed by atoms with Crippen LogP contribution in [0.2, 0.25) is 0 Å². The number of halogens is 1.